The van der Waals surface area contributed by atoms with E-state index in [1.807, 2.05) is 6.07 Å². The number of anilines is 2. The van der Waals surface area contributed by atoms with Crippen LogP contribution in [0.25, 0.3) is 44.2 Å². The zero-order chi connectivity index (χ0) is 23.5. The first-order valence-corrected chi connectivity index (χ1v) is 11.9. The van der Waals surface area contributed by atoms with Gasteiger partial charge in [-0.25, -0.2) is 0 Å². The summed E-state index contributed by atoms with van der Waals surface area (Å²) in [5.41, 5.74) is 9.53. The summed E-state index contributed by atoms with van der Waals surface area (Å²) in [5, 5.41) is 6.07. The molecule has 0 saturated heterocycles. The maximum absolute atomic E-state index is 3.52. The second-order valence-electron chi connectivity index (χ2n) is 8.75. The van der Waals surface area contributed by atoms with Crippen LogP contribution < -0.4 is 5.32 Å². The van der Waals surface area contributed by atoms with E-state index < -0.39 is 0 Å². The van der Waals surface area contributed by atoms with Crippen molar-refractivity contribution in [2.24, 2.45) is 0 Å². The molecule has 1 N–H and O–H groups in total. The van der Waals surface area contributed by atoms with E-state index in [1.165, 1.54) is 44.2 Å². The quantitative estimate of drug-likeness (QED) is 0.277. The van der Waals surface area contributed by atoms with Crippen LogP contribution in [0.1, 0.15) is 0 Å². The van der Waals surface area contributed by atoms with E-state index in [9.17, 15) is 0 Å². The maximum atomic E-state index is 3.52. The Morgan fingerprint density at radius 2 is 0.857 bits per heavy atom. The van der Waals surface area contributed by atoms with Gasteiger partial charge >= 0.3 is 0 Å². The average Bonchev–Trinajstić information content (AvgIpc) is 2.94. The van der Waals surface area contributed by atoms with Crippen molar-refractivity contribution in [3.05, 3.63) is 146 Å². The summed E-state index contributed by atoms with van der Waals surface area (Å²) in [7, 11) is 0. The highest BCUT2D eigenvalue weighted by atomic mass is 14.9. The van der Waals surface area contributed by atoms with Crippen molar-refractivity contribution in [1.82, 2.24) is 0 Å². The van der Waals surface area contributed by atoms with Crippen molar-refractivity contribution in [3.63, 3.8) is 0 Å². The molecule has 1 nitrogen and oxygen atoms in total. The van der Waals surface area contributed by atoms with Crippen molar-refractivity contribution >= 4 is 22.1 Å². The lowest BCUT2D eigenvalue weighted by Gasteiger charge is -2.11. The van der Waals surface area contributed by atoms with Crippen LogP contribution in [0.15, 0.2) is 146 Å². The van der Waals surface area contributed by atoms with Gasteiger partial charge in [0.25, 0.3) is 0 Å². The third-order valence-corrected chi connectivity index (χ3v) is 6.46. The lowest BCUT2D eigenvalue weighted by molar-refractivity contribution is 1.53. The summed E-state index contributed by atoms with van der Waals surface area (Å²) in [6.45, 7) is 0. The fourth-order valence-corrected chi connectivity index (χ4v) is 4.63. The van der Waals surface area contributed by atoms with Crippen molar-refractivity contribution in [3.8, 4) is 33.4 Å². The Kier molecular flexibility index (Phi) is 5.58. The Bertz CT molecular complexity index is 1580. The Morgan fingerprint density at radius 1 is 0.343 bits per heavy atom. The molecule has 0 aliphatic carbocycles. The van der Waals surface area contributed by atoms with Crippen LogP contribution in [0.5, 0.6) is 0 Å². The number of hydrogen-bond acceptors (Lipinski definition) is 1. The average molecular weight is 448 g/mol. The van der Waals surface area contributed by atoms with Gasteiger partial charge < -0.3 is 5.32 Å². The zero-order valence-electron chi connectivity index (χ0n) is 19.4. The molecule has 166 valence electrons. The summed E-state index contributed by atoms with van der Waals surface area (Å²) in [4.78, 5) is 0. The van der Waals surface area contributed by atoms with Gasteiger partial charge in [0.15, 0.2) is 0 Å². The third-order valence-electron chi connectivity index (χ3n) is 6.46. The van der Waals surface area contributed by atoms with E-state index in [1.54, 1.807) is 0 Å². The van der Waals surface area contributed by atoms with Crippen molar-refractivity contribution in [2.75, 3.05) is 5.32 Å². The summed E-state index contributed by atoms with van der Waals surface area (Å²) in [6, 6.07) is 51.6. The van der Waals surface area contributed by atoms with E-state index in [2.05, 4.69) is 145 Å². The molecule has 35 heavy (non-hydrogen) atoms. The minimum absolute atomic E-state index is 1.08. The Morgan fingerprint density at radius 3 is 1.60 bits per heavy atom. The molecule has 1 heteroatoms. The van der Waals surface area contributed by atoms with Gasteiger partial charge in [-0.05, 0) is 74.5 Å². The van der Waals surface area contributed by atoms with Gasteiger partial charge in [-0.15, -0.1) is 0 Å². The number of hydrogen-bond donors (Lipinski definition) is 1. The van der Waals surface area contributed by atoms with Crippen LogP contribution in [-0.2, 0) is 0 Å². The minimum atomic E-state index is 1.08. The molecule has 0 aliphatic rings. The Labute approximate surface area is 206 Å². The molecule has 0 aromatic heterocycles. The van der Waals surface area contributed by atoms with Gasteiger partial charge in [0.2, 0.25) is 0 Å². The highest BCUT2D eigenvalue weighted by Crippen LogP contribution is 2.32. The van der Waals surface area contributed by atoms with Gasteiger partial charge in [0, 0.05) is 11.4 Å². The number of benzene rings is 6. The molecule has 6 rings (SSSR count). The van der Waals surface area contributed by atoms with E-state index in [4.69, 9.17) is 0 Å². The maximum Gasteiger partial charge on any atom is 0.0384 e. The molecule has 0 fully saturated rings. The highest BCUT2D eigenvalue weighted by Gasteiger charge is 2.06. The lowest BCUT2D eigenvalue weighted by atomic mass is 9.95. The monoisotopic (exact) mass is 447 g/mol. The SMILES string of the molecule is c1ccc(-c2ccc(Nc3ccc(-c4cccc(-c5cccc6ccccc56)c4)cc3)cc2)cc1. The smallest absolute Gasteiger partial charge is 0.0384 e. The van der Waals surface area contributed by atoms with Crippen LogP contribution in [-0.4, -0.2) is 0 Å². The van der Waals surface area contributed by atoms with Crippen LogP contribution in [0.4, 0.5) is 11.4 Å². The van der Waals surface area contributed by atoms with Crippen LogP contribution in [0.2, 0.25) is 0 Å². The van der Waals surface area contributed by atoms with Gasteiger partial charge in [0.1, 0.15) is 0 Å². The summed E-state index contributed by atoms with van der Waals surface area (Å²) in [6.07, 6.45) is 0. The zero-order valence-corrected chi connectivity index (χ0v) is 19.4. The predicted octanol–water partition coefficient (Wildman–Crippen LogP) is 9.58. The van der Waals surface area contributed by atoms with E-state index in [0.717, 1.165) is 11.4 Å². The molecule has 6 aromatic rings. The van der Waals surface area contributed by atoms with E-state index >= 15 is 0 Å². The van der Waals surface area contributed by atoms with Crippen LogP contribution in [0, 0.1) is 0 Å². The van der Waals surface area contributed by atoms with Gasteiger partial charge in [-0.2, -0.15) is 0 Å². The molecule has 0 amide bonds. The van der Waals surface area contributed by atoms with Gasteiger partial charge in [-0.1, -0.05) is 115 Å². The van der Waals surface area contributed by atoms with Gasteiger partial charge in [0.05, 0.1) is 0 Å². The molecule has 0 saturated carbocycles. The predicted molar refractivity (Wildman–Crippen MR) is 150 cm³/mol. The number of nitrogens with one attached hydrogen (secondary N) is 1. The third kappa shape index (κ3) is 4.45. The Hall–Kier alpha value is -4.62. The van der Waals surface area contributed by atoms with Crippen molar-refractivity contribution < 1.29 is 0 Å². The molecule has 0 unspecified atom stereocenters. The fourth-order valence-electron chi connectivity index (χ4n) is 4.63. The van der Waals surface area contributed by atoms with E-state index in [0.29, 0.717) is 0 Å². The molecular formula is C34H25N. The summed E-state index contributed by atoms with van der Waals surface area (Å²) in [5.74, 6) is 0. The molecule has 0 spiro atoms. The number of rotatable bonds is 5. The molecule has 0 radical (unpaired) electrons. The second kappa shape index (κ2) is 9.32. The normalized spacial score (nSPS) is 10.9. The molecule has 0 heterocycles. The second-order valence-corrected chi connectivity index (χ2v) is 8.75. The van der Waals surface area contributed by atoms with Gasteiger partial charge in [-0.3, -0.25) is 0 Å². The number of fused-ring (bicyclic) bond motifs is 1. The summed E-state index contributed by atoms with van der Waals surface area (Å²) < 4.78 is 0. The topological polar surface area (TPSA) is 12.0 Å². The van der Waals surface area contributed by atoms with Crippen molar-refractivity contribution in [2.45, 2.75) is 0 Å². The first-order chi connectivity index (χ1) is 17.3. The standard InChI is InChI=1S/C34H25N/c1-2-8-25(9-3-1)26-16-20-31(21-17-26)35-32-22-18-27(19-23-32)29-12-6-13-30(24-29)34-15-7-11-28-10-4-5-14-33(28)34/h1-24,35H. The fraction of sp³-hybridized carbons (Fsp3) is 0. The van der Waals surface area contributed by atoms with Crippen LogP contribution in [0.3, 0.4) is 0 Å². The molecule has 0 bridgehead atoms. The van der Waals surface area contributed by atoms with Crippen LogP contribution >= 0.6 is 0 Å². The molecule has 6 aromatic carbocycles. The molecule has 0 aliphatic heterocycles. The lowest BCUT2D eigenvalue weighted by Crippen LogP contribution is -1.90. The van der Waals surface area contributed by atoms with E-state index in [-0.39, 0.29) is 0 Å². The molecule has 0 atom stereocenters. The van der Waals surface area contributed by atoms with Crippen molar-refractivity contribution in [1.29, 1.82) is 0 Å². The minimum Gasteiger partial charge on any atom is -0.356 e. The molecular weight excluding hydrogens is 422 g/mol. The largest absolute Gasteiger partial charge is 0.356 e. The first kappa shape index (κ1) is 20.9. The summed E-state index contributed by atoms with van der Waals surface area (Å²) >= 11 is 0. The Balaban J connectivity index is 1.22. The first-order valence-electron chi connectivity index (χ1n) is 11.9. The highest BCUT2D eigenvalue weighted by molar-refractivity contribution is 5.97.